The Balaban J connectivity index is 1.53. The lowest BCUT2D eigenvalue weighted by atomic mass is 9.81. The van der Waals surface area contributed by atoms with E-state index in [-0.39, 0.29) is 18.2 Å². The van der Waals surface area contributed by atoms with Crippen molar-refractivity contribution < 1.29 is 14.7 Å². The van der Waals surface area contributed by atoms with Crippen LogP contribution in [-0.2, 0) is 22.4 Å². The molecule has 0 aromatic heterocycles. The fourth-order valence-corrected chi connectivity index (χ4v) is 5.46. The highest BCUT2D eigenvalue weighted by Gasteiger charge is 2.41. The lowest BCUT2D eigenvalue weighted by molar-refractivity contribution is -0.146. The number of carboxylic acids is 1. The third kappa shape index (κ3) is 4.94. The number of halogens is 1. The number of nitrogens with two attached hydrogens (primary N) is 1. The molecule has 6 heteroatoms. The van der Waals surface area contributed by atoms with Gasteiger partial charge in [-0.15, -0.1) is 0 Å². The van der Waals surface area contributed by atoms with E-state index in [2.05, 4.69) is 6.07 Å². The molecule has 164 valence electrons. The lowest BCUT2D eigenvalue weighted by Gasteiger charge is -2.42. The number of nitrogens with zero attached hydrogens (tertiary/aromatic N) is 1. The Hall–Kier alpha value is -2.37. The molecule has 4 rings (SSSR count). The number of aryl methyl sites for hydroxylation is 1. The van der Waals surface area contributed by atoms with Crippen molar-refractivity contribution in [2.45, 2.75) is 50.0 Å². The molecule has 1 heterocycles. The molecule has 2 aromatic rings. The number of amides is 1. The van der Waals surface area contributed by atoms with Crippen molar-refractivity contribution >= 4 is 23.5 Å². The van der Waals surface area contributed by atoms with Gasteiger partial charge >= 0.3 is 5.97 Å². The van der Waals surface area contributed by atoms with E-state index < -0.39 is 17.4 Å². The number of hydrogen-bond donors (Lipinski definition) is 2. The number of hydrogen-bond acceptors (Lipinski definition) is 3. The Kier molecular flexibility index (Phi) is 6.35. The molecule has 3 atom stereocenters. The second-order valence-electron chi connectivity index (χ2n) is 9.08. The van der Waals surface area contributed by atoms with Gasteiger partial charge in [0.1, 0.15) is 0 Å². The van der Waals surface area contributed by atoms with E-state index in [4.69, 9.17) is 17.3 Å². The van der Waals surface area contributed by atoms with E-state index in [1.165, 1.54) is 5.56 Å². The number of benzene rings is 2. The molecule has 0 radical (unpaired) electrons. The first kappa shape index (κ1) is 21.8. The molecule has 1 aliphatic carbocycles. The smallest absolute Gasteiger partial charge is 0.304 e. The van der Waals surface area contributed by atoms with Crippen LogP contribution in [0.3, 0.4) is 0 Å². The molecular weight excluding hydrogens is 412 g/mol. The normalized spacial score (nSPS) is 23.9. The quantitative estimate of drug-likeness (QED) is 0.710. The maximum atomic E-state index is 13.6. The van der Waals surface area contributed by atoms with Crippen LogP contribution in [0.5, 0.6) is 0 Å². The van der Waals surface area contributed by atoms with Crippen LogP contribution in [0.2, 0.25) is 5.02 Å². The zero-order chi connectivity index (χ0) is 22.0. The summed E-state index contributed by atoms with van der Waals surface area (Å²) in [6.07, 6.45) is 3.86. The number of piperidine rings is 1. The van der Waals surface area contributed by atoms with Crippen LogP contribution in [-0.4, -0.2) is 40.5 Å². The summed E-state index contributed by atoms with van der Waals surface area (Å²) in [6.45, 7) is 1.07. The second-order valence-corrected chi connectivity index (χ2v) is 9.51. The summed E-state index contributed by atoms with van der Waals surface area (Å²) in [5, 5.41) is 10.2. The van der Waals surface area contributed by atoms with Crippen molar-refractivity contribution in [2.24, 2.45) is 11.7 Å². The number of aliphatic carboxylic acids is 1. The highest BCUT2D eigenvalue weighted by Crippen LogP contribution is 2.41. The molecule has 0 bridgehead atoms. The second kappa shape index (κ2) is 9.01. The highest BCUT2D eigenvalue weighted by atomic mass is 35.5. The first-order valence-electron chi connectivity index (χ1n) is 11.0. The molecule has 1 amide bonds. The summed E-state index contributed by atoms with van der Waals surface area (Å²) < 4.78 is 0. The van der Waals surface area contributed by atoms with Gasteiger partial charge in [-0.2, -0.15) is 0 Å². The molecule has 2 aromatic carbocycles. The third-order valence-corrected chi connectivity index (χ3v) is 7.02. The van der Waals surface area contributed by atoms with Gasteiger partial charge in [0.2, 0.25) is 5.91 Å². The number of carbonyl (C=O) groups is 2. The lowest BCUT2D eigenvalue weighted by Crippen LogP contribution is -2.58. The first-order chi connectivity index (χ1) is 14.8. The van der Waals surface area contributed by atoms with Crippen molar-refractivity contribution in [3.63, 3.8) is 0 Å². The van der Waals surface area contributed by atoms with E-state index in [0.717, 1.165) is 36.8 Å². The van der Waals surface area contributed by atoms with Gasteiger partial charge in [-0.3, -0.25) is 9.59 Å². The Labute approximate surface area is 188 Å². The summed E-state index contributed by atoms with van der Waals surface area (Å²) in [4.78, 5) is 27.1. The molecule has 3 N–H and O–H groups in total. The average molecular weight is 441 g/mol. The summed E-state index contributed by atoms with van der Waals surface area (Å²) in [5.74, 6) is -1.61. The minimum atomic E-state index is -0.931. The molecule has 31 heavy (non-hydrogen) atoms. The fraction of sp³-hybridized carbons (Fsp3) is 0.440. The number of likely N-dealkylation sites (tertiary alicyclic amines) is 1. The standard InChI is InChI=1S/C25H29ClN2O3/c26-19-9-6-17(7-10-19)15-25(27)12-3-13-28(16-25)24(31)22(14-23(29)30)21-11-8-18-4-1-2-5-20(18)21/h1-2,4-7,9-10,21-22H,3,8,11-16,27H2,(H,29,30)/t21-,22?,25+/m0/s1. The van der Waals surface area contributed by atoms with Crippen LogP contribution < -0.4 is 5.73 Å². The molecule has 5 nitrogen and oxygen atoms in total. The highest BCUT2D eigenvalue weighted by molar-refractivity contribution is 6.30. The van der Waals surface area contributed by atoms with Crippen LogP contribution in [0.1, 0.15) is 48.3 Å². The third-order valence-electron chi connectivity index (χ3n) is 6.77. The maximum Gasteiger partial charge on any atom is 0.304 e. The van der Waals surface area contributed by atoms with Gasteiger partial charge in [-0.05, 0) is 66.8 Å². The van der Waals surface area contributed by atoms with Crippen molar-refractivity contribution in [1.82, 2.24) is 4.90 Å². The van der Waals surface area contributed by atoms with Crippen LogP contribution >= 0.6 is 11.6 Å². The SMILES string of the molecule is N[C@@]1(Cc2ccc(Cl)cc2)CCCN(C(=O)C(CC(=O)O)[C@H]2CCc3ccccc32)C1. The Morgan fingerprint density at radius 2 is 1.94 bits per heavy atom. The van der Waals surface area contributed by atoms with E-state index >= 15 is 0 Å². The number of carboxylic acid groups (broad SMARTS) is 1. The summed E-state index contributed by atoms with van der Waals surface area (Å²) in [5.41, 5.74) is 9.66. The van der Waals surface area contributed by atoms with Crippen LogP contribution in [0.4, 0.5) is 0 Å². The molecule has 0 spiro atoms. The summed E-state index contributed by atoms with van der Waals surface area (Å²) in [6, 6.07) is 15.7. The molecular formula is C25H29ClN2O3. The van der Waals surface area contributed by atoms with Crippen molar-refractivity contribution in [1.29, 1.82) is 0 Å². The van der Waals surface area contributed by atoms with Gasteiger partial charge in [0.15, 0.2) is 0 Å². The predicted octanol–water partition coefficient (Wildman–Crippen LogP) is 4.02. The largest absolute Gasteiger partial charge is 0.481 e. The van der Waals surface area contributed by atoms with E-state index in [0.29, 0.717) is 24.5 Å². The zero-order valence-corrected chi connectivity index (χ0v) is 18.4. The minimum Gasteiger partial charge on any atom is -0.481 e. The van der Waals surface area contributed by atoms with Gasteiger partial charge in [0.25, 0.3) is 0 Å². The van der Waals surface area contributed by atoms with E-state index in [1.54, 1.807) is 0 Å². The predicted molar refractivity (Wildman–Crippen MR) is 121 cm³/mol. The summed E-state index contributed by atoms with van der Waals surface area (Å²) in [7, 11) is 0. The van der Waals surface area contributed by atoms with Gasteiger partial charge < -0.3 is 15.7 Å². The Bertz CT molecular complexity index is 961. The average Bonchev–Trinajstić information content (AvgIpc) is 3.17. The van der Waals surface area contributed by atoms with Crippen LogP contribution in [0, 0.1) is 5.92 Å². The molecule has 0 saturated carbocycles. The van der Waals surface area contributed by atoms with E-state index in [9.17, 15) is 14.7 Å². The van der Waals surface area contributed by atoms with Gasteiger partial charge in [-0.1, -0.05) is 48.0 Å². The van der Waals surface area contributed by atoms with Crippen molar-refractivity contribution in [3.8, 4) is 0 Å². The number of fused-ring (bicyclic) bond motifs is 1. The zero-order valence-electron chi connectivity index (χ0n) is 17.6. The molecule has 1 fully saturated rings. The minimum absolute atomic E-state index is 0.0508. The van der Waals surface area contributed by atoms with Crippen molar-refractivity contribution in [2.75, 3.05) is 13.1 Å². The molecule has 1 saturated heterocycles. The fourth-order valence-electron chi connectivity index (χ4n) is 5.33. The van der Waals surface area contributed by atoms with Crippen molar-refractivity contribution in [3.05, 3.63) is 70.2 Å². The molecule has 1 unspecified atom stereocenters. The molecule has 1 aliphatic heterocycles. The number of carbonyl (C=O) groups excluding carboxylic acids is 1. The summed E-state index contributed by atoms with van der Waals surface area (Å²) >= 11 is 6.00. The van der Waals surface area contributed by atoms with Gasteiger partial charge in [-0.25, -0.2) is 0 Å². The maximum absolute atomic E-state index is 13.6. The van der Waals surface area contributed by atoms with Gasteiger partial charge in [0, 0.05) is 23.7 Å². The van der Waals surface area contributed by atoms with Crippen LogP contribution in [0.25, 0.3) is 0 Å². The Morgan fingerprint density at radius 1 is 1.19 bits per heavy atom. The number of rotatable bonds is 6. The Morgan fingerprint density at radius 3 is 2.68 bits per heavy atom. The topological polar surface area (TPSA) is 83.6 Å². The first-order valence-corrected chi connectivity index (χ1v) is 11.3. The van der Waals surface area contributed by atoms with Crippen LogP contribution in [0.15, 0.2) is 48.5 Å². The molecule has 2 aliphatic rings. The van der Waals surface area contributed by atoms with Gasteiger partial charge in [0.05, 0.1) is 12.3 Å². The monoisotopic (exact) mass is 440 g/mol. The van der Waals surface area contributed by atoms with E-state index in [1.807, 2.05) is 47.4 Å².